The zero-order chi connectivity index (χ0) is 22.8. The third kappa shape index (κ3) is 4.86. The Morgan fingerprint density at radius 2 is 1.73 bits per heavy atom. The SMILES string of the molecule is O=C1OC[C@H](Cc2ccccc2)N1C(=O)C1CN(C2CCOCC2)CC1c1ccc(Br)cc1. The van der Waals surface area contributed by atoms with E-state index in [9.17, 15) is 9.59 Å². The van der Waals surface area contributed by atoms with E-state index in [4.69, 9.17) is 9.47 Å². The van der Waals surface area contributed by atoms with E-state index >= 15 is 0 Å². The van der Waals surface area contributed by atoms with Gasteiger partial charge in [-0.05, 0) is 42.5 Å². The Labute approximate surface area is 203 Å². The number of benzene rings is 2. The molecule has 3 atom stereocenters. The van der Waals surface area contributed by atoms with Gasteiger partial charge in [0.05, 0.1) is 12.0 Å². The van der Waals surface area contributed by atoms with Crippen LogP contribution in [0.1, 0.15) is 29.9 Å². The van der Waals surface area contributed by atoms with Crippen molar-refractivity contribution in [2.75, 3.05) is 32.9 Å². The van der Waals surface area contributed by atoms with E-state index in [0.717, 1.165) is 48.2 Å². The van der Waals surface area contributed by atoms with Crippen LogP contribution in [-0.2, 0) is 20.7 Å². The molecule has 2 unspecified atom stereocenters. The minimum atomic E-state index is -0.514. The maximum absolute atomic E-state index is 13.9. The normalized spacial score (nSPS) is 26.5. The van der Waals surface area contributed by atoms with Crippen molar-refractivity contribution in [1.29, 1.82) is 0 Å². The minimum Gasteiger partial charge on any atom is -0.447 e. The molecule has 0 bridgehead atoms. The van der Waals surface area contributed by atoms with E-state index in [1.165, 1.54) is 4.90 Å². The zero-order valence-corrected chi connectivity index (χ0v) is 20.2. The van der Waals surface area contributed by atoms with Crippen LogP contribution in [0.5, 0.6) is 0 Å². The Balaban J connectivity index is 1.40. The lowest BCUT2D eigenvalue weighted by atomic mass is 9.87. The zero-order valence-electron chi connectivity index (χ0n) is 18.6. The van der Waals surface area contributed by atoms with Crippen molar-refractivity contribution >= 4 is 27.9 Å². The summed E-state index contributed by atoms with van der Waals surface area (Å²) in [4.78, 5) is 30.4. The predicted octanol–water partition coefficient (Wildman–Crippen LogP) is 4.23. The minimum absolute atomic E-state index is 0.0409. The van der Waals surface area contributed by atoms with E-state index in [-0.39, 0.29) is 30.4 Å². The highest BCUT2D eigenvalue weighted by molar-refractivity contribution is 9.10. The molecular formula is C26H29BrN2O4. The molecule has 174 valence electrons. The van der Waals surface area contributed by atoms with Gasteiger partial charge in [-0.1, -0.05) is 58.4 Å². The maximum atomic E-state index is 13.9. The van der Waals surface area contributed by atoms with Gasteiger partial charge in [0, 0.05) is 42.7 Å². The number of likely N-dealkylation sites (tertiary alicyclic amines) is 1. The smallest absolute Gasteiger partial charge is 0.416 e. The van der Waals surface area contributed by atoms with Crippen LogP contribution < -0.4 is 0 Å². The molecule has 33 heavy (non-hydrogen) atoms. The van der Waals surface area contributed by atoms with Gasteiger partial charge in [0.1, 0.15) is 6.61 Å². The van der Waals surface area contributed by atoms with Crippen LogP contribution in [0.3, 0.4) is 0 Å². The Morgan fingerprint density at radius 1 is 1.00 bits per heavy atom. The van der Waals surface area contributed by atoms with Crippen molar-refractivity contribution in [2.24, 2.45) is 5.92 Å². The number of ether oxygens (including phenoxy) is 2. The van der Waals surface area contributed by atoms with Crippen molar-refractivity contribution in [1.82, 2.24) is 9.80 Å². The molecule has 7 heteroatoms. The standard InChI is InChI=1S/C26H29BrN2O4/c27-20-8-6-19(7-9-20)23-15-28(21-10-12-32-13-11-21)16-24(23)25(30)29-22(17-33-26(29)31)14-18-4-2-1-3-5-18/h1-9,21-24H,10-17H2/t22-,23?,24?/m0/s1. The fourth-order valence-electron chi connectivity index (χ4n) is 5.43. The molecule has 0 saturated carbocycles. The molecule has 0 aliphatic carbocycles. The van der Waals surface area contributed by atoms with E-state index in [0.29, 0.717) is 19.0 Å². The van der Waals surface area contributed by atoms with Crippen LogP contribution in [0.15, 0.2) is 59.1 Å². The molecule has 0 spiro atoms. The van der Waals surface area contributed by atoms with Crippen LogP contribution in [0.2, 0.25) is 0 Å². The van der Waals surface area contributed by atoms with E-state index in [2.05, 4.69) is 33.0 Å². The molecule has 3 fully saturated rings. The Bertz CT molecular complexity index is 978. The first-order valence-corrected chi connectivity index (χ1v) is 12.5. The van der Waals surface area contributed by atoms with Gasteiger partial charge in [0.2, 0.25) is 5.91 Å². The van der Waals surface area contributed by atoms with E-state index < -0.39 is 6.09 Å². The number of nitrogens with zero attached hydrogens (tertiary/aromatic N) is 2. The molecule has 2 aromatic carbocycles. The Morgan fingerprint density at radius 3 is 2.45 bits per heavy atom. The summed E-state index contributed by atoms with van der Waals surface area (Å²) in [6.45, 7) is 3.25. The number of hydrogen-bond donors (Lipinski definition) is 0. The molecular weight excluding hydrogens is 484 g/mol. The molecule has 0 N–H and O–H groups in total. The summed E-state index contributed by atoms with van der Waals surface area (Å²) < 4.78 is 11.9. The van der Waals surface area contributed by atoms with Crippen molar-refractivity contribution in [3.05, 3.63) is 70.2 Å². The van der Waals surface area contributed by atoms with Crippen LogP contribution in [0, 0.1) is 5.92 Å². The fourth-order valence-corrected chi connectivity index (χ4v) is 5.69. The van der Waals surface area contributed by atoms with Crippen LogP contribution in [-0.4, -0.2) is 66.8 Å². The number of carbonyl (C=O) groups is 2. The highest BCUT2D eigenvalue weighted by Gasteiger charge is 2.47. The lowest BCUT2D eigenvalue weighted by Gasteiger charge is -2.31. The lowest BCUT2D eigenvalue weighted by molar-refractivity contribution is -0.133. The van der Waals surface area contributed by atoms with Gasteiger partial charge < -0.3 is 9.47 Å². The summed E-state index contributed by atoms with van der Waals surface area (Å²) in [5.74, 6) is -0.349. The monoisotopic (exact) mass is 512 g/mol. The second kappa shape index (κ2) is 9.95. The summed E-state index contributed by atoms with van der Waals surface area (Å²) in [6, 6.07) is 18.4. The van der Waals surface area contributed by atoms with Crippen LogP contribution >= 0.6 is 15.9 Å². The first-order chi connectivity index (χ1) is 16.1. The Kier molecular flexibility index (Phi) is 6.81. The Hall–Kier alpha value is -2.22. The summed E-state index contributed by atoms with van der Waals surface area (Å²) in [7, 11) is 0. The first kappa shape index (κ1) is 22.6. The van der Waals surface area contributed by atoms with Crippen LogP contribution in [0.4, 0.5) is 4.79 Å². The lowest BCUT2D eigenvalue weighted by Crippen LogP contribution is -2.45. The molecule has 2 aromatic rings. The van der Waals surface area contributed by atoms with Crippen molar-refractivity contribution in [3.63, 3.8) is 0 Å². The largest absolute Gasteiger partial charge is 0.447 e. The fraction of sp³-hybridized carbons (Fsp3) is 0.462. The summed E-state index contributed by atoms with van der Waals surface area (Å²) in [6.07, 6.45) is 2.06. The first-order valence-electron chi connectivity index (χ1n) is 11.7. The molecule has 0 radical (unpaired) electrons. The molecule has 6 nitrogen and oxygen atoms in total. The van der Waals surface area contributed by atoms with Gasteiger partial charge in [0.25, 0.3) is 0 Å². The van der Waals surface area contributed by atoms with E-state index in [1.54, 1.807) is 0 Å². The van der Waals surface area contributed by atoms with Crippen molar-refractivity contribution in [3.8, 4) is 0 Å². The molecule has 5 rings (SSSR count). The molecule has 3 aliphatic heterocycles. The summed E-state index contributed by atoms with van der Waals surface area (Å²) in [5, 5.41) is 0. The average molecular weight is 513 g/mol. The van der Waals surface area contributed by atoms with Gasteiger partial charge in [0.15, 0.2) is 0 Å². The number of rotatable bonds is 5. The summed E-state index contributed by atoms with van der Waals surface area (Å²) in [5.41, 5.74) is 2.23. The molecule has 3 heterocycles. The number of carbonyl (C=O) groups excluding carboxylic acids is 2. The quantitative estimate of drug-likeness (QED) is 0.599. The van der Waals surface area contributed by atoms with E-state index in [1.807, 2.05) is 42.5 Å². The number of amides is 2. The van der Waals surface area contributed by atoms with Gasteiger partial charge in [-0.3, -0.25) is 9.69 Å². The third-order valence-electron chi connectivity index (χ3n) is 7.18. The molecule has 3 saturated heterocycles. The second-order valence-corrected chi connectivity index (χ2v) is 10.1. The van der Waals surface area contributed by atoms with Gasteiger partial charge >= 0.3 is 6.09 Å². The molecule has 0 aromatic heterocycles. The maximum Gasteiger partial charge on any atom is 0.416 e. The van der Waals surface area contributed by atoms with Crippen molar-refractivity contribution in [2.45, 2.75) is 37.3 Å². The topological polar surface area (TPSA) is 59.1 Å². The van der Waals surface area contributed by atoms with Gasteiger partial charge in [-0.15, -0.1) is 0 Å². The third-order valence-corrected chi connectivity index (χ3v) is 7.71. The van der Waals surface area contributed by atoms with Gasteiger partial charge in [-0.2, -0.15) is 0 Å². The summed E-state index contributed by atoms with van der Waals surface area (Å²) >= 11 is 3.51. The predicted molar refractivity (Wildman–Crippen MR) is 128 cm³/mol. The highest BCUT2D eigenvalue weighted by Crippen LogP contribution is 2.38. The highest BCUT2D eigenvalue weighted by atomic mass is 79.9. The average Bonchev–Trinajstić information content (AvgIpc) is 3.45. The number of cyclic esters (lactones) is 1. The van der Waals surface area contributed by atoms with Crippen LogP contribution in [0.25, 0.3) is 0 Å². The number of imide groups is 1. The van der Waals surface area contributed by atoms with Crippen molar-refractivity contribution < 1.29 is 19.1 Å². The molecule has 2 amide bonds. The number of hydrogen-bond acceptors (Lipinski definition) is 5. The number of halogens is 1. The second-order valence-electron chi connectivity index (χ2n) is 9.19. The molecule has 3 aliphatic rings. The van der Waals surface area contributed by atoms with Gasteiger partial charge in [-0.25, -0.2) is 9.69 Å².